The predicted octanol–water partition coefficient (Wildman–Crippen LogP) is 3.38. The van der Waals surface area contributed by atoms with E-state index in [1.54, 1.807) is 20.3 Å². The molecule has 0 amide bonds. The third kappa shape index (κ3) is 2.61. The van der Waals surface area contributed by atoms with Crippen molar-refractivity contribution in [2.45, 2.75) is 19.8 Å². The summed E-state index contributed by atoms with van der Waals surface area (Å²) in [6.45, 7) is 4.06. The Kier molecular flexibility index (Phi) is 5.02. The van der Waals surface area contributed by atoms with Gasteiger partial charge in [0.15, 0.2) is 0 Å². The van der Waals surface area contributed by atoms with Gasteiger partial charge in [0.1, 0.15) is 11.5 Å². The largest absolute Gasteiger partial charge is 0.496 e. The fourth-order valence-electron chi connectivity index (χ4n) is 1.80. The standard InChI is InChI=1S/C13H17BrO4/c1-7(2)10-9(16-3)6-8(13(15)18-5)11(14)12(10)17-4/h6-7H,1-5H3. The molecule has 0 N–H and O–H groups in total. The number of rotatable bonds is 4. The molecule has 4 nitrogen and oxygen atoms in total. The molecule has 5 heteroatoms. The number of carbonyl (C=O) groups excluding carboxylic acids is 1. The summed E-state index contributed by atoms with van der Waals surface area (Å²) in [5.41, 5.74) is 1.30. The Balaban J connectivity index is 3.58. The molecular formula is C13H17BrO4. The van der Waals surface area contributed by atoms with Crippen LogP contribution >= 0.6 is 15.9 Å². The highest BCUT2D eigenvalue weighted by molar-refractivity contribution is 9.10. The lowest BCUT2D eigenvalue weighted by molar-refractivity contribution is 0.0598. The first-order chi connectivity index (χ1) is 8.47. The van der Waals surface area contributed by atoms with E-state index in [9.17, 15) is 4.79 Å². The molecule has 0 heterocycles. The zero-order valence-electron chi connectivity index (χ0n) is 11.2. The van der Waals surface area contributed by atoms with Crippen LogP contribution in [-0.4, -0.2) is 27.3 Å². The van der Waals surface area contributed by atoms with Crippen molar-refractivity contribution in [1.82, 2.24) is 0 Å². The van der Waals surface area contributed by atoms with Gasteiger partial charge in [0, 0.05) is 5.56 Å². The number of benzene rings is 1. The van der Waals surface area contributed by atoms with E-state index in [1.165, 1.54) is 7.11 Å². The SMILES string of the molecule is COC(=O)c1cc(OC)c(C(C)C)c(OC)c1Br. The molecule has 0 spiro atoms. The molecule has 100 valence electrons. The van der Waals surface area contributed by atoms with Gasteiger partial charge in [-0.15, -0.1) is 0 Å². The fraction of sp³-hybridized carbons (Fsp3) is 0.462. The van der Waals surface area contributed by atoms with Gasteiger partial charge < -0.3 is 14.2 Å². The van der Waals surface area contributed by atoms with Crippen LogP contribution in [0.15, 0.2) is 10.5 Å². The summed E-state index contributed by atoms with van der Waals surface area (Å²) >= 11 is 3.38. The fourth-order valence-corrected chi connectivity index (χ4v) is 2.45. The van der Waals surface area contributed by atoms with Crippen LogP contribution in [0.5, 0.6) is 11.5 Å². The summed E-state index contributed by atoms with van der Waals surface area (Å²) in [4.78, 5) is 11.7. The summed E-state index contributed by atoms with van der Waals surface area (Å²) in [5.74, 6) is 0.988. The van der Waals surface area contributed by atoms with Crippen LogP contribution in [-0.2, 0) is 4.74 Å². The zero-order chi connectivity index (χ0) is 13.9. The van der Waals surface area contributed by atoms with E-state index in [0.717, 1.165) is 5.56 Å². The second kappa shape index (κ2) is 6.09. The molecule has 18 heavy (non-hydrogen) atoms. The second-order valence-corrected chi connectivity index (χ2v) is 4.83. The topological polar surface area (TPSA) is 44.8 Å². The molecule has 1 rings (SSSR count). The molecule has 0 aliphatic heterocycles. The van der Waals surface area contributed by atoms with Crippen LogP contribution < -0.4 is 9.47 Å². The van der Waals surface area contributed by atoms with Crippen molar-refractivity contribution in [3.8, 4) is 11.5 Å². The number of hydrogen-bond acceptors (Lipinski definition) is 4. The molecule has 0 unspecified atom stereocenters. The van der Waals surface area contributed by atoms with Crippen molar-refractivity contribution < 1.29 is 19.0 Å². The number of esters is 1. The number of halogens is 1. The van der Waals surface area contributed by atoms with Crippen molar-refractivity contribution in [3.63, 3.8) is 0 Å². The summed E-state index contributed by atoms with van der Waals surface area (Å²) < 4.78 is 16.0. The highest BCUT2D eigenvalue weighted by Gasteiger charge is 2.23. The maximum Gasteiger partial charge on any atom is 0.339 e. The van der Waals surface area contributed by atoms with Crippen LogP contribution in [0.2, 0.25) is 0 Å². The highest BCUT2D eigenvalue weighted by atomic mass is 79.9. The molecule has 0 aliphatic rings. The van der Waals surface area contributed by atoms with Crippen molar-refractivity contribution in [2.75, 3.05) is 21.3 Å². The molecule has 0 bridgehead atoms. The Morgan fingerprint density at radius 2 is 1.83 bits per heavy atom. The second-order valence-electron chi connectivity index (χ2n) is 4.03. The van der Waals surface area contributed by atoms with E-state index in [0.29, 0.717) is 21.5 Å². The van der Waals surface area contributed by atoms with Crippen LogP contribution in [0.4, 0.5) is 0 Å². The van der Waals surface area contributed by atoms with Crippen molar-refractivity contribution in [2.24, 2.45) is 0 Å². The van der Waals surface area contributed by atoms with Crippen molar-refractivity contribution in [1.29, 1.82) is 0 Å². The number of methoxy groups -OCH3 is 3. The summed E-state index contributed by atoms with van der Waals surface area (Å²) in [5, 5.41) is 0. The summed E-state index contributed by atoms with van der Waals surface area (Å²) in [6.07, 6.45) is 0. The van der Waals surface area contributed by atoms with Crippen molar-refractivity contribution >= 4 is 21.9 Å². The lowest BCUT2D eigenvalue weighted by Gasteiger charge is -2.19. The van der Waals surface area contributed by atoms with Gasteiger partial charge in [-0.3, -0.25) is 0 Å². The van der Waals surface area contributed by atoms with E-state index in [1.807, 2.05) is 13.8 Å². The molecule has 0 atom stereocenters. The number of ether oxygens (including phenoxy) is 3. The zero-order valence-corrected chi connectivity index (χ0v) is 12.8. The van der Waals surface area contributed by atoms with Gasteiger partial charge in [-0.2, -0.15) is 0 Å². The smallest absolute Gasteiger partial charge is 0.339 e. The summed E-state index contributed by atoms with van der Waals surface area (Å²) in [6, 6.07) is 1.66. The molecule has 0 aromatic heterocycles. The quantitative estimate of drug-likeness (QED) is 0.799. The molecule has 1 aromatic carbocycles. The Morgan fingerprint density at radius 1 is 1.22 bits per heavy atom. The average Bonchev–Trinajstić information content (AvgIpc) is 2.36. The summed E-state index contributed by atoms with van der Waals surface area (Å²) in [7, 11) is 4.46. The predicted molar refractivity (Wildman–Crippen MR) is 72.7 cm³/mol. The minimum absolute atomic E-state index is 0.206. The Hall–Kier alpha value is -1.23. The van der Waals surface area contributed by atoms with Gasteiger partial charge >= 0.3 is 5.97 Å². The van der Waals surface area contributed by atoms with Gasteiger partial charge in [0.2, 0.25) is 0 Å². The minimum atomic E-state index is -0.436. The van der Waals surface area contributed by atoms with Gasteiger partial charge in [-0.1, -0.05) is 13.8 Å². The number of carbonyl (C=O) groups is 1. The van der Waals surface area contributed by atoms with E-state index in [2.05, 4.69) is 15.9 Å². The molecular weight excluding hydrogens is 300 g/mol. The Bertz CT molecular complexity index is 455. The number of hydrogen-bond donors (Lipinski definition) is 0. The molecule has 1 aromatic rings. The minimum Gasteiger partial charge on any atom is -0.496 e. The van der Waals surface area contributed by atoms with E-state index >= 15 is 0 Å². The van der Waals surface area contributed by atoms with E-state index in [4.69, 9.17) is 14.2 Å². The lowest BCUT2D eigenvalue weighted by atomic mass is 9.98. The maximum atomic E-state index is 11.7. The van der Waals surface area contributed by atoms with Gasteiger partial charge in [0.05, 0.1) is 31.4 Å². The van der Waals surface area contributed by atoms with Crippen LogP contribution in [0.3, 0.4) is 0 Å². The highest BCUT2D eigenvalue weighted by Crippen LogP contribution is 2.42. The van der Waals surface area contributed by atoms with Crippen LogP contribution in [0.1, 0.15) is 35.7 Å². The van der Waals surface area contributed by atoms with Gasteiger partial charge in [-0.25, -0.2) is 4.79 Å². The maximum absolute atomic E-state index is 11.7. The Morgan fingerprint density at radius 3 is 2.22 bits per heavy atom. The average molecular weight is 317 g/mol. The van der Waals surface area contributed by atoms with Crippen LogP contribution in [0, 0.1) is 0 Å². The van der Waals surface area contributed by atoms with Crippen molar-refractivity contribution in [3.05, 3.63) is 21.7 Å². The first kappa shape index (κ1) is 14.8. The monoisotopic (exact) mass is 316 g/mol. The normalized spacial score (nSPS) is 10.4. The molecule has 0 fully saturated rings. The van der Waals surface area contributed by atoms with E-state index < -0.39 is 5.97 Å². The van der Waals surface area contributed by atoms with Crippen LogP contribution in [0.25, 0.3) is 0 Å². The molecule has 0 saturated heterocycles. The first-order valence-corrected chi connectivity index (χ1v) is 6.29. The molecule has 0 radical (unpaired) electrons. The van der Waals surface area contributed by atoms with Gasteiger partial charge in [-0.05, 0) is 27.9 Å². The molecule has 0 aliphatic carbocycles. The third-order valence-electron chi connectivity index (χ3n) is 2.63. The first-order valence-electron chi connectivity index (χ1n) is 5.50. The lowest BCUT2D eigenvalue weighted by Crippen LogP contribution is -2.07. The van der Waals surface area contributed by atoms with E-state index in [-0.39, 0.29) is 5.92 Å². The van der Waals surface area contributed by atoms with Gasteiger partial charge in [0.25, 0.3) is 0 Å². The third-order valence-corrected chi connectivity index (χ3v) is 3.42. The Labute approximate surface area is 115 Å². The molecule has 0 saturated carbocycles.